The molecule has 29 heavy (non-hydrogen) atoms. The van der Waals surface area contributed by atoms with Crippen LogP contribution in [0, 0.1) is 12.8 Å². The standard InChI is InChI=1S/C23H30N2O3S/c1-3-22(20-11-9-18(2)10-12-20)24-23(26)21-13-15-25(16-14-21)29(27,28)17-19-7-5-4-6-8-19/h4-12,21-22H,3,13-17H2,1-2H3,(H,24,26)/t22-/m0/s1. The summed E-state index contributed by atoms with van der Waals surface area (Å²) < 4.78 is 26.9. The van der Waals surface area contributed by atoms with E-state index in [0.29, 0.717) is 25.9 Å². The topological polar surface area (TPSA) is 66.5 Å². The highest BCUT2D eigenvalue weighted by molar-refractivity contribution is 7.88. The molecule has 0 unspecified atom stereocenters. The van der Waals surface area contributed by atoms with Crippen molar-refractivity contribution in [2.75, 3.05) is 13.1 Å². The van der Waals surface area contributed by atoms with Gasteiger partial charge in [0.1, 0.15) is 0 Å². The molecule has 1 heterocycles. The number of aryl methyl sites for hydroxylation is 1. The maximum absolute atomic E-state index is 12.8. The summed E-state index contributed by atoms with van der Waals surface area (Å²) in [5.74, 6) is -0.106. The number of hydrogen-bond donors (Lipinski definition) is 1. The number of hydrogen-bond acceptors (Lipinski definition) is 3. The van der Waals surface area contributed by atoms with Crippen molar-refractivity contribution in [3.8, 4) is 0 Å². The Morgan fingerprint density at radius 1 is 1.07 bits per heavy atom. The third kappa shape index (κ3) is 5.67. The fourth-order valence-electron chi connectivity index (χ4n) is 3.78. The van der Waals surface area contributed by atoms with Crippen LogP contribution in [0.1, 0.15) is 48.9 Å². The van der Waals surface area contributed by atoms with Gasteiger partial charge in [-0.3, -0.25) is 4.79 Å². The second-order valence-electron chi connectivity index (χ2n) is 7.80. The lowest BCUT2D eigenvalue weighted by atomic mass is 9.95. The number of amides is 1. The highest BCUT2D eigenvalue weighted by Crippen LogP contribution is 2.24. The van der Waals surface area contributed by atoms with Gasteiger partial charge in [0.2, 0.25) is 15.9 Å². The van der Waals surface area contributed by atoms with E-state index in [1.165, 1.54) is 9.87 Å². The lowest BCUT2D eigenvalue weighted by Crippen LogP contribution is -2.44. The molecule has 0 saturated carbocycles. The predicted octanol–water partition coefficient (Wildman–Crippen LogP) is 3.80. The van der Waals surface area contributed by atoms with Crippen LogP contribution in [0.5, 0.6) is 0 Å². The van der Waals surface area contributed by atoms with Crippen molar-refractivity contribution >= 4 is 15.9 Å². The third-order valence-corrected chi connectivity index (χ3v) is 7.46. The van der Waals surface area contributed by atoms with Crippen molar-refractivity contribution < 1.29 is 13.2 Å². The number of carbonyl (C=O) groups excluding carboxylic acids is 1. The van der Waals surface area contributed by atoms with Crippen LogP contribution in [-0.2, 0) is 20.6 Å². The monoisotopic (exact) mass is 414 g/mol. The van der Waals surface area contributed by atoms with Gasteiger partial charge in [0, 0.05) is 19.0 Å². The molecule has 156 valence electrons. The Bertz CT molecular complexity index is 903. The quantitative estimate of drug-likeness (QED) is 0.749. The van der Waals surface area contributed by atoms with Crippen molar-refractivity contribution in [3.05, 3.63) is 71.3 Å². The molecule has 0 spiro atoms. The van der Waals surface area contributed by atoms with Gasteiger partial charge in [-0.2, -0.15) is 0 Å². The number of piperidine rings is 1. The molecule has 1 fully saturated rings. The molecule has 3 rings (SSSR count). The maximum atomic E-state index is 12.8. The van der Waals surface area contributed by atoms with E-state index in [1.54, 1.807) is 0 Å². The summed E-state index contributed by atoms with van der Waals surface area (Å²) in [4.78, 5) is 12.8. The molecule has 1 aliphatic rings. The highest BCUT2D eigenvalue weighted by atomic mass is 32.2. The molecular weight excluding hydrogens is 384 g/mol. The lowest BCUT2D eigenvalue weighted by Gasteiger charge is -2.31. The van der Waals surface area contributed by atoms with Gasteiger partial charge in [-0.1, -0.05) is 67.1 Å². The number of sulfonamides is 1. The fourth-order valence-corrected chi connectivity index (χ4v) is 5.35. The summed E-state index contributed by atoms with van der Waals surface area (Å²) in [5, 5.41) is 3.16. The average Bonchev–Trinajstić information content (AvgIpc) is 2.73. The second kappa shape index (κ2) is 9.55. The van der Waals surface area contributed by atoms with Crippen LogP contribution < -0.4 is 5.32 Å². The molecule has 0 aromatic heterocycles. The van der Waals surface area contributed by atoms with Crippen LogP contribution >= 0.6 is 0 Å². The molecule has 1 amide bonds. The van der Waals surface area contributed by atoms with Gasteiger partial charge in [0.25, 0.3) is 0 Å². The van der Waals surface area contributed by atoms with Gasteiger partial charge in [0.05, 0.1) is 11.8 Å². The van der Waals surface area contributed by atoms with Crippen LogP contribution in [0.4, 0.5) is 0 Å². The van der Waals surface area contributed by atoms with Crippen molar-refractivity contribution in [2.45, 2.75) is 44.9 Å². The Morgan fingerprint density at radius 2 is 1.69 bits per heavy atom. The van der Waals surface area contributed by atoms with E-state index >= 15 is 0 Å². The minimum atomic E-state index is -3.36. The number of rotatable bonds is 7. The molecule has 5 nitrogen and oxygen atoms in total. The van der Waals surface area contributed by atoms with Gasteiger partial charge in [0.15, 0.2) is 0 Å². The van der Waals surface area contributed by atoms with Gasteiger partial charge in [-0.05, 0) is 37.3 Å². The Hall–Kier alpha value is -2.18. The van der Waals surface area contributed by atoms with Crippen molar-refractivity contribution in [1.82, 2.24) is 9.62 Å². The van der Waals surface area contributed by atoms with E-state index < -0.39 is 10.0 Å². The number of carbonyl (C=O) groups is 1. The number of benzene rings is 2. The van der Waals surface area contributed by atoms with Crippen LogP contribution in [0.25, 0.3) is 0 Å². The van der Waals surface area contributed by atoms with Crippen molar-refractivity contribution in [2.24, 2.45) is 5.92 Å². The molecule has 1 aliphatic heterocycles. The van der Waals surface area contributed by atoms with E-state index in [1.807, 2.05) is 37.3 Å². The largest absolute Gasteiger partial charge is 0.349 e. The minimum Gasteiger partial charge on any atom is -0.349 e. The van der Waals surface area contributed by atoms with Gasteiger partial charge in [-0.25, -0.2) is 12.7 Å². The van der Waals surface area contributed by atoms with E-state index in [9.17, 15) is 13.2 Å². The first-order valence-corrected chi connectivity index (χ1v) is 11.9. The Morgan fingerprint density at radius 3 is 2.28 bits per heavy atom. The summed E-state index contributed by atoms with van der Waals surface area (Å²) in [6.45, 7) is 4.90. The molecular formula is C23H30N2O3S. The summed E-state index contributed by atoms with van der Waals surface area (Å²) in [6, 6.07) is 17.4. The first kappa shape index (κ1) is 21.5. The first-order valence-electron chi connectivity index (χ1n) is 10.3. The van der Waals surface area contributed by atoms with Crippen LogP contribution in [0.15, 0.2) is 54.6 Å². The minimum absolute atomic E-state index is 0.00996. The maximum Gasteiger partial charge on any atom is 0.223 e. The molecule has 0 bridgehead atoms. The van der Waals surface area contributed by atoms with Gasteiger partial charge >= 0.3 is 0 Å². The molecule has 1 N–H and O–H groups in total. The molecule has 2 aromatic carbocycles. The number of nitrogens with zero attached hydrogens (tertiary/aromatic N) is 1. The smallest absolute Gasteiger partial charge is 0.223 e. The fraction of sp³-hybridized carbons (Fsp3) is 0.435. The zero-order valence-electron chi connectivity index (χ0n) is 17.2. The van der Waals surface area contributed by atoms with E-state index in [2.05, 4.69) is 36.5 Å². The average molecular weight is 415 g/mol. The molecule has 0 aliphatic carbocycles. The Kier molecular flexibility index (Phi) is 7.09. The zero-order valence-corrected chi connectivity index (χ0v) is 18.0. The van der Waals surface area contributed by atoms with E-state index in [-0.39, 0.29) is 23.6 Å². The van der Waals surface area contributed by atoms with Crippen molar-refractivity contribution in [1.29, 1.82) is 0 Å². The zero-order chi connectivity index (χ0) is 20.9. The van der Waals surface area contributed by atoms with Gasteiger partial charge in [-0.15, -0.1) is 0 Å². The Labute approximate surface area is 174 Å². The number of nitrogens with one attached hydrogen (secondary N) is 1. The lowest BCUT2D eigenvalue weighted by molar-refractivity contribution is -0.126. The molecule has 1 atom stereocenters. The first-order chi connectivity index (χ1) is 13.9. The normalized spacial score (nSPS) is 17.0. The summed E-state index contributed by atoms with van der Waals surface area (Å²) >= 11 is 0. The molecule has 2 aromatic rings. The molecule has 1 saturated heterocycles. The SMILES string of the molecule is CC[C@H](NC(=O)C1CCN(S(=O)(=O)Cc2ccccc2)CC1)c1ccc(C)cc1. The van der Waals surface area contributed by atoms with Crippen LogP contribution in [-0.4, -0.2) is 31.7 Å². The summed E-state index contributed by atoms with van der Waals surface area (Å²) in [5.41, 5.74) is 3.09. The third-order valence-electron chi connectivity index (χ3n) is 5.61. The summed E-state index contributed by atoms with van der Waals surface area (Å²) in [7, 11) is -3.36. The van der Waals surface area contributed by atoms with Crippen LogP contribution in [0.3, 0.4) is 0 Å². The van der Waals surface area contributed by atoms with Crippen molar-refractivity contribution in [3.63, 3.8) is 0 Å². The van der Waals surface area contributed by atoms with Crippen LogP contribution in [0.2, 0.25) is 0 Å². The predicted molar refractivity (Wildman–Crippen MR) is 116 cm³/mol. The summed E-state index contributed by atoms with van der Waals surface area (Å²) in [6.07, 6.45) is 1.94. The van der Waals surface area contributed by atoms with E-state index in [4.69, 9.17) is 0 Å². The molecule has 0 radical (unpaired) electrons. The Balaban J connectivity index is 1.55. The highest BCUT2D eigenvalue weighted by Gasteiger charge is 2.31. The van der Waals surface area contributed by atoms with Gasteiger partial charge < -0.3 is 5.32 Å². The molecule has 6 heteroatoms. The second-order valence-corrected chi connectivity index (χ2v) is 9.76. The van der Waals surface area contributed by atoms with E-state index in [0.717, 1.165) is 17.5 Å².